The van der Waals surface area contributed by atoms with Crippen LogP contribution in [0.5, 0.6) is 5.75 Å². The average Bonchev–Trinajstić information content (AvgIpc) is 3.20. The number of nitrogens with zero attached hydrogens (tertiary/aromatic N) is 2. The number of aromatic nitrogens is 1. The maximum absolute atomic E-state index is 12.8. The molecule has 6 heteroatoms. The molecular weight excluding hydrogens is 378 g/mol. The molecule has 3 heterocycles. The molecule has 0 radical (unpaired) electrons. The molecule has 2 aliphatic heterocycles. The Morgan fingerprint density at radius 1 is 1.07 bits per heavy atom. The zero-order chi connectivity index (χ0) is 20.3. The summed E-state index contributed by atoms with van der Waals surface area (Å²) in [5.41, 5.74) is 3.12. The van der Waals surface area contributed by atoms with E-state index in [9.17, 15) is 4.79 Å². The smallest absolute Gasteiger partial charge is 0.231 e. The van der Waals surface area contributed by atoms with Crippen molar-refractivity contribution < 1.29 is 14.3 Å². The highest BCUT2D eigenvalue weighted by Gasteiger charge is 2.25. The van der Waals surface area contributed by atoms with Crippen molar-refractivity contribution in [2.45, 2.75) is 13.0 Å². The number of ether oxygens (including phenoxy) is 2. The number of anilines is 1. The van der Waals surface area contributed by atoms with Gasteiger partial charge in [-0.05, 0) is 42.3 Å². The fraction of sp³-hybridized carbons (Fsp3) is 0.375. The van der Waals surface area contributed by atoms with E-state index >= 15 is 0 Å². The second-order valence-electron chi connectivity index (χ2n) is 8.05. The van der Waals surface area contributed by atoms with E-state index in [1.807, 2.05) is 30.3 Å². The van der Waals surface area contributed by atoms with Crippen LogP contribution in [0.1, 0.15) is 5.56 Å². The van der Waals surface area contributed by atoms with E-state index in [0.29, 0.717) is 13.0 Å². The number of carbonyl (C=O) groups is 1. The van der Waals surface area contributed by atoms with Gasteiger partial charge < -0.3 is 19.4 Å². The van der Waals surface area contributed by atoms with Gasteiger partial charge in [-0.3, -0.25) is 9.69 Å². The number of hydrogen-bond acceptors (Lipinski definition) is 4. The first-order valence-electron chi connectivity index (χ1n) is 10.7. The van der Waals surface area contributed by atoms with Crippen LogP contribution in [0.4, 0.5) is 5.69 Å². The lowest BCUT2D eigenvalue weighted by Gasteiger charge is -2.26. The van der Waals surface area contributed by atoms with E-state index in [1.54, 1.807) is 0 Å². The van der Waals surface area contributed by atoms with Gasteiger partial charge in [0.1, 0.15) is 12.4 Å². The number of fused-ring (bicyclic) bond motifs is 2. The van der Waals surface area contributed by atoms with Gasteiger partial charge in [0.15, 0.2) is 0 Å². The van der Waals surface area contributed by atoms with E-state index in [2.05, 4.69) is 39.2 Å². The van der Waals surface area contributed by atoms with Crippen LogP contribution in [0.2, 0.25) is 0 Å². The predicted octanol–water partition coefficient (Wildman–Crippen LogP) is 3.16. The van der Waals surface area contributed by atoms with E-state index < -0.39 is 0 Å². The van der Waals surface area contributed by atoms with Crippen LogP contribution in [0.15, 0.2) is 54.7 Å². The van der Waals surface area contributed by atoms with Gasteiger partial charge in [0.25, 0.3) is 0 Å². The lowest BCUT2D eigenvalue weighted by atomic mass is 9.96. The Morgan fingerprint density at radius 3 is 2.83 bits per heavy atom. The van der Waals surface area contributed by atoms with Gasteiger partial charge in [0.2, 0.25) is 5.91 Å². The summed E-state index contributed by atoms with van der Waals surface area (Å²) in [6, 6.07) is 16.2. The van der Waals surface area contributed by atoms with Crippen LogP contribution < -0.4 is 10.1 Å². The zero-order valence-corrected chi connectivity index (χ0v) is 17.0. The third-order valence-corrected chi connectivity index (χ3v) is 6.05. The highest BCUT2D eigenvalue weighted by molar-refractivity contribution is 5.95. The van der Waals surface area contributed by atoms with E-state index in [-0.39, 0.29) is 11.8 Å². The highest BCUT2D eigenvalue weighted by Crippen LogP contribution is 2.28. The summed E-state index contributed by atoms with van der Waals surface area (Å²) in [6.45, 7) is 6.06. The van der Waals surface area contributed by atoms with Gasteiger partial charge in [-0.15, -0.1) is 0 Å². The van der Waals surface area contributed by atoms with Gasteiger partial charge >= 0.3 is 0 Å². The minimum absolute atomic E-state index is 0.00982. The molecule has 1 atom stereocenters. The molecule has 6 nitrogen and oxygen atoms in total. The third kappa shape index (κ3) is 4.06. The van der Waals surface area contributed by atoms with Crippen LogP contribution in [0, 0.1) is 5.92 Å². The largest absolute Gasteiger partial charge is 0.492 e. The molecule has 30 heavy (non-hydrogen) atoms. The van der Waals surface area contributed by atoms with Crippen LogP contribution in [-0.4, -0.2) is 54.8 Å². The lowest BCUT2D eigenvalue weighted by Crippen LogP contribution is -2.38. The number of nitrogens with one attached hydrogen (secondary N) is 1. The molecule has 2 aliphatic rings. The van der Waals surface area contributed by atoms with Gasteiger partial charge in [-0.25, -0.2) is 0 Å². The summed E-state index contributed by atoms with van der Waals surface area (Å²) in [7, 11) is 0. The van der Waals surface area contributed by atoms with Crippen molar-refractivity contribution in [3.05, 3.63) is 60.3 Å². The van der Waals surface area contributed by atoms with E-state index in [4.69, 9.17) is 9.47 Å². The number of benzene rings is 2. The first-order valence-corrected chi connectivity index (χ1v) is 10.7. The van der Waals surface area contributed by atoms with E-state index in [1.165, 1.54) is 5.52 Å². The fourth-order valence-electron chi connectivity index (χ4n) is 4.29. The molecule has 1 saturated heterocycles. The molecule has 5 rings (SSSR count). The molecule has 0 aliphatic carbocycles. The van der Waals surface area contributed by atoms with Gasteiger partial charge in [0.05, 0.1) is 19.1 Å². The number of rotatable bonds is 5. The monoisotopic (exact) mass is 405 g/mol. The van der Waals surface area contributed by atoms with Crippen molar-refractivity contribution in [2.75, 3.05) is 44.8 Å². The normalized spacial score (nSPS) is 19.3. The number of hydrogen-bond donors (Lipinski definition) is 1. The molecule has 1 amide bonds. The molecule has 2 aromatic carbocycles. The standard InChI is InChI=1S/C24H27N3O3/c28-24(20-15-19-3-1-2-4-23(19)30-17-20)25-21-5-6-22-18(16-21)7-8-27(22)10-9-26-11-13-29-14-12-26/h1-8,16,20H,9-15,17H2,(H,25,28). The third-order valence-electron chi connectivity index (χ3n) is 6.05. The van der Waals surface area contributed by atoms with Crippen molar-refractivity contribution >= 4 is 22.5 Å². The van der Waals surface area contributed by atoms with Crippen molar-refractivity contribution in [3.8, 4) is 5.75 Å². The number of morpholine rings is 1. The molecular formula is C24H27N3O3. The molecule has 1 aromatic heterocycles. The summed E-state index contributed by atoms with van der Waals surface area (Å²) in [6.07, 6.45) is 2.84. The quantitative estimate of drug-likeness (QED) is 0.709. The zero-order valence-electron chi connectivity index (χ0n) is 17.0. The number of amides is 1. The second kappa shape index (κ2) is 8.50. The predicted molar refractivity (Wildman–Crippen MR) is 117 cm³/mol. The maximum atomic E-state index is 12.8. The van der Waals surface area contributed by atoms with Crippen LogP contribution >= 0.6 is 0 Å². The van der Waals surface area contributed by atoms with Crippen molar-refractivity contribution in [1.29, 1.82) is 0 Å². The Morgan fingerprint density at radius 2 is 1.93 bits per heavy atom. The average molecular weight is 405 g/mol. The van der Waals surface area contributed by atoms with Gasteiger partial charge in [-0.2, -0.15) is 0 Å². The van der Waals surface area contributed by atoms with Crippen LogP contribution in [0.25, 0.3) is 10.9 Å². The Balaban J connectivity index is 1.23. The SMILES string of the molecule is O=C(Nc1ccc2c(ccn2CCN2CCOCC2)c1)C1COc2ccccc2C1. The Kier molecular flexibility index (Phi) is 5.43. The maximum Gasteiger partial charge on any atom is 0.231 e. The topological polar surface area (TPSA) is 55.7 Å². The first kappa shape index (κ1) is 19.2. The highest BCUT2D eigenvalue weighted by atomic mass is 16.5. The molecule has 1 N–H and O–H groups in total. The lowest BCUT2D eigenvalue weighted by molar-refractivity contribution is -0.121. The molecule has 3 aromatic rings. The first-order chi connectivity index (χ1) is 14.8. The molecule has 156 valence electrons. The summed E-state index contributed by atoms with van der Waals surface area (Å²) in [4.78, 5) is 15.2. The second-order valence-corrected chi connectivity index (χ2v) is 8.05. The number of para-hydroxylation sites is 1. The van der Waals surface area contributed by atoms with Crippen LogP contribution in [0.3, 0.4) is 0 Å². The molecule has 0 spiro atoms. The van der Waals surface area contributed by atoms with E-state index in [0.717, 1.165) is 61.8 Å². The fourth-order valence-corrected chi connectivity index (χ4v) is 4.29. The summed E-state index contributed by atoms with van der Waals surface area (Å²) < 4.78 is 13.5. The molecule has 1 unspecified atom stereocenters. The van der Waals surface area contributed by atoms with Crippen molar-refractivity contribution in [1.82, 2.24) is 9.47 Å². The minimum Gasteiger partial charge on any atom is -0.492 e. The molecule has 0 bridgehead atoms. The Hall–Kier alpha value is -2.83. The Labute approximate surface area is 176 Å². The van der Waals surface area contributed by atoms with Crippen molar-refractivity contribution in [3.63, 3.8) is 0 Å². The summed E-state index contributed by atoms with van der Waals surface area (Å²) >= 11 is 0. The molecule has 0 saturated carbocycles. The Bertz CT molecular complexity index is 1040. The summed E-state index contributed by atoms with van der Waals surface area (Å²) in [5, 5.41) is 4.22. The van der Waals surface area contributed by atoms with Crippen LogP contribution in [-0.2, 0) is 22.5 Å². The van der Waals surface area contributed by atoms with Gasteiger partial charge in [0, 0.05) is 49.0 Å². The minimum atomic E-state index is -0.172. The molecule has 1 fully saturated rings. The van der Waals surface area contributed by atoms with Gasteiger partial charge in [-0.1, -0.05) is 18.2 Å². The summed E-state index contributed by atoms with van der Waals surface area (Å²) in [5.74, 6) is 0.728. The van der Waals surface area contributed by atoms with Crippen molar-refractivity contribution in [2.24, 2.45) is 5.92 Å². The number of carbonyl (C=O) groups excluding carboxylic acids is 1.